The van der Waals surface area contributed by atoms with Gasteiger partial charge < -0.3 is 9.84 Å². The SMILES string of the molecule is O=C1CC(CCCO)C(=O)O1. The molecule has 11 heavy (non-hydrogen) atoms. The molecule has 1 rings (SSSR count). The van der Waals surface area contributed by atoms with Gasteiger partial charge in [0.15, 0.2) is 0 Å². The van der Waals surface area contributed by atoms with Crippen molar-refractivity contribution in [2.75, 3.05) is 6.61 Å². The lowest BCUT2D eigenvalue weighted by Gasteiger charge is -1.99. The van der Waals surface area contributed by atoms with E-state index in [1.807, 2.05) is 0 Å². The number of hydrogen-bond donors (Lipinski definition) is 1. The second-order valence-corrected chi connectivity index (χ2v) is 2.56. The van der Waals surface area contributed by atoms with E-state index in [2.05, 4.69) is 4.74 Å². The molecule has 0 aromatic carbocycles. The monoisotopic (exact) mass is 158 g/mol. The average molecular weight is 158 g/mol. The summed E-state index contributed by atoms with van der Waals surface area (Å²) in [6.07, 6.45) is 1.27. The lowest BCUT2D eigenvalue weighted by molar-refractivity contribution is -0.153. The first-order valence-corrected chi connectivity index (χ1v) is 3.59. The van der Waals surface area contributed by atoms with Crippen molar-refractivity contribution in [3.8, 4) is 0 Å². The molecule has 1 heterocycles. The van der Waals surface area contributed by atoms with Crippen LogP contribution >= 0.6 is 0 Å². The summed E-state index contributed by atoms with van der Waals surface area (Å²) in [6.45, 7) is 0.0535. The number of ether oxygens (including phenoxy) is 1. The molecule has 0 radical (unpaired) electrons. The van der Waals surface area contributed by atoms with Crippen LogP contribution in [0.3, 0.4) is 0 Å². The number of aliphatic hydroxyl groups excluding tert-OH is 1. The minimum atomic E-state index is -0.446. The van der Waals surface area contributed by atoms with Crippen LogP contribution in [0.2, 0.25) is 0 Å². The zero-order valence-corrected chi connectivity index (χ0v) is 6.08. The Morgan fingerprint density at radius 3 is 2.73 bits per heavy atom. The van der Waals surface area contributed by atoms with Gasteiger partial charge in [0.1, 0.15) is 0 Å². The number of carbonyl (C=O) groups excluding carboxylic acids is 2. The van der Waals surface area contributed by atoms with E-state index in [0.717, 1.165) is 0 Å². The van der Waals surface area contributed by atoms with Gasteiger partial charge in [-0.3, -0.25) is 9.59 Å². The van der Waals surface area contributed by atoms with Gasteiger partial charge in [-0.1, -0.05) is 0 Å². The second kappa shape index (κ2) is 3.48. The molecule has 1 saturated heterocycles. The summed E-state index contributed by atoms with van der Waals surface area (Å²) in [7, 11) is 0. The van der Waals surface area contributed by atoms with Crippen LogP contribution in [0.5, 0.6) is 0 Å². The van der Waals surface area contributed by atoms with Crippen LogP contribution in [0.25, 0.3) is 0 Å². The molecule has 0 spiro atoms. The minimum absolute atomic E-state index is 0.0535. The molecule has 1 atom stereocenters. The molecule has 1 N–H and O–H groups in total. The van der Waals surface area contributed by atoms with Crippen molar-refractivity contribution in [3.63, 3.8) is 0 Å². The van der Waals surface area contributed by atoms with Gasteiger partial charge in [0.05, 0.1) is 12.3 Å². The highest BCUT2D eigenvalue weighted by Crippen LogP contribution is 2.20. The van der Waals surface area contributed by atoms with E-state index in [4.69, 9.17) is 5.11 Å². The maximum absolute atomic E-state index is 10.8. The first-order chi connectivity index (χ1) is 5.24. The van der Waals surface area contributed by atoms with Crippen molar-refractivity contribution in [2.24, 2.45) is 5.92 Å². The Bertz CT molecular complexity index is 175. The van der Waals surface area contributed by atoms with Crippen LogP contribution in [0.4, 0.5) is 0 Å². The van der Waals surface area contributed by atoms with E-state index < -0.39 is 11.9 Å². The number of rotatable bonds is 3. The largest absolute Gasteiger partial charge is 0.396 e. The van der Waals surface area contributed by atoms with Gasteiger partial charge in [-0.15, -0.1) is 0 Å². The lowest BCUT2D eigenvalue weighted by Crippen LogP contribution is -2.07. The smallest absolute Gasteiger partial charge is 0.317 e. The quantitative estimate of drug-likeness (QED) is 0.458. The van der Waals surface area contributed by atoms with Crippen molar-refractivity contribution in [1.82, 2.24) is 0 Å². The fourth-order valence-electron chi connectivity index (χ4n) is 1.08. The molecule has 0 bridgehead atoms. The minimum Gasteiger partial charge on any atom is -0.396 e. The molecule has 1 unspecified atom stereocenters. The molecule has 4 heteroatoms. The van der Waals surface area contributed by atoms with Crippen molar-refractivity contribution < 1.29 is 19.4 Å². The first-order valence-electron chi connectivity index (χ1n) is 3.59. The Morgan fingerprint density at radius 1 is 1.55 bits per heavy atom. The molecular weight excluding hydrogens is 148 g/mol. The summed E-state index contributed by atoms with van der Waals surface area (Å²) in [6, 6.07) is 0. The van der Waals surface area contributed by atoms with Crippen LogP contribution in [-0.2, 0) is 14.3 Å². The van der Waals surface area contributed by atoms with Gasteiger partial charge in [0.25, 0.3) is 0 Å². The molecular formula is C7H10O4. The molecule has 0 aromatic heterocycles. The molecule has 62 valence electrons. The van der Waals surface area contributed by atoms with E-state index >= 15 is 0 Å². The average Bonchev–Trinajstić information content (AvgIpc) is 2.26. The third-order valence-electron chi connectivity index (χ3n) is 1.67. The molecule has 1 aliphatic heterocycles. The van der Waals surface area contributed by atoms with Crippen LogP contribution < -0.4 is 0 Å². The summed E-state index contributed by atoms with van der Waals surface area (Å²) < 4.78 is 4.31. The standard InChI is InChI=1S/C7H10O4/c8-3-1-2-5-4-6(9)11-7(5)10/h5,8H,1-4H2. The zero-order valence-electron chi connectivity index (χ0n) is 6.08. The molecule has 0 aliphatic carbocycles. The second-order valence-electron chi connectivity index (χ2n) is 2.56. The molecule has 0 aromatic rings. The van der Waals surface area contributed by atoms with E-state index in [1.165, 1.54) is 0 Å². The Morgan fingerprint density at radius 2 is 2.27 bits per heavy atom. The highest BCUT2D eigenvalue weighted by atomic mass is 16.6. The predicted octanol–water partition coefficient (Wildman–Crippen LogP) is -0.151. The number of hydrogen-bond acceptors (Lipinski definition) is 4. The zero-order chi connectivity index (χ0) is 8.27. The van der Waals surface area contributed by atoms with Crippen molar-refractivity contribution in [2.45, 2.75) is 19.3 Å². The van der Waals surface area contributed by atoms with Crippen LogP contribution in [0.15, 0.2) is 0 Å². The molecule has 4 nitrogen and oxygen atoms in total. The summed E-state index contributed by atoms with van der Waals surface area (Å²) in [5.74, 6) is -1.20. The van der Waals surface area contributed by atoms with Crippen molar-refractivity contribution in [3.05, 3.63) is 0 Å². The topological polar surface area (TPSA) is 63.6 Å². The Balaban J connectivity index is 2.34. The molecule has 1 aliphatic rings. The van der Waals surface area contributed by atoms with Crippen molar-refractivity contribution in [1.29, 1.82) is 0 Å². The van der Waals surface area contributed by atoms with Crippen LogP contribution in [-0.4, -0.2) is 23.7 Å². The Kier molecular flexibility index (Phi) is 2.59. The Labute approximate surface area is 64.2 Å². The number of aliphatic hydroxyl groups is 1. The first kappa shape index (κ1) is 8.20. The van der Waals surface area contributed by atoms with E-state index in [0.29, 0.717) is 12.8 Å². The third kappa shape index (κ3) is 2.01. The summed E-state index contributed by atoms with van der Waals surface area (Å²) in [5, 5.41) is 8.44. The third-order valence-corrected chi connectivity index (χ3v) is 1.67. The van der Waals surface area contributed by atoms with Crippen LogP contribution in [0, 0.1) is 5.92 Å². The molecule has 1 fully saturated rings. The van der Waals surface area contributed by atoms with Gasteiger partial charge >= 0.3 is 11.9 Å². The van der Waals surface area contributed by atoms with E-state index in [9.17, 15) is 9.59 Å². The number of carbonyl (C=O) groups is 2. The van der Waals surface area contributed by atoms with E-state index in [1.54, 1.807) is 0 Å². The summed E-state index contributed by atoms with van der Waals surface area (Å²) >= 11 is 0. The van der Waals surface area contributed by atoms with Gasteiger partial charge in [-0.25, -0.2) is 0 Å². The highest BCUT2D eigenvalue weighted by molar-refractivity contribution is 5.94. The Hall–Kier alpha value is -0.900. The van der Waals surface area contributed by atoms with Gasteiger partial charge in [-0.2, -0.15) is 0 Å². The maximum atomic E-state index is 10.8. The number of cyclic esters (lactones) is 2. The predicted molar refractivity (Wildman–Crippen MR) is 35.5 cm³/mol. The lowest BCUT2D eigenvalue weighted by atomic mass is 10.0. The fraction of sp³-hybridized carbons (Fsp3) is 0.714. The van der Waals surface area contributed by atoms with Gasteiger partial charge in [0, 0.05) is 6.61 Å². The highest BCUT2D eigenvalue weighted by Gasteiger charge is 2.32. The van der Waals surface area contributed by atoms with Gasteiger partial charge in [0.2, 0.25) is 0 Å². The fourth-order valence-corrected chi connectivity index (χ4v) is 1.08. The van der Waals surface area contributed by atoms with E-state index in [-0.39, 0.29) is 18.9 Å². The van der Waals surface area contributed by atoms with Gasteiger partial charge in [-0.05, 0) is 12.8 Å². The maximum Gasteiger partial charge on any atom is 0.317 e. The number of esters is 2. The summed E-state index contributed by atoms with van der Waals surface area (Å²) in [5.41, 5.74) is 0. The van der Waals surface area contributed by atoms with Crippen LogP contribution in [0.1, 0.15) is 19.3 Å². The molecule has 0 saturated carbocycles. The molecule has 0 amide bonds. The normalized spacial score (nSPS) is 23.9. The summed E-state index contributed by atoms with van der Waals surface area (Å²) in [4.78, 5) is 21.3. The van der Waals surface area contributed by atoms with Crippen molar-refractivity contribution >= 4 is 11.9 Å².